The average molecular weight is 245 g/mol. The molecule has 2 N–H and O–H groups in total. The zero-order valence-electron chi connectivity index (χ0n) is 11.4. The molecule has 0 saturated carbocycles. The molecule has 0 aromatic rings. The fourth-order valence-electron chi connectivity index (χ4n) is 1.33. The lowest BCUT2D eigenvalue weighted by Gasteiger charge is -2.30. The number of rotatable bonds is 6. The van der Waals surface area contributed by atoms with Crippen LogP contribution in [0.25, 0.3) is 0 Å². The van der Waals surface area contributed by atoms with Gasteiger partial charge in [0.15, 0.2) is 5.11 Å². The molecule has 0 aliphatic carbocycles. The first-order valence-electron chi connectivity index (χ1n) is 6.03. The van der Waals surface area contributed by atoms with Gasteiger partial charge in [-0.1, -0.05) is 13.3 Å². The summed E-state index contributed by atoms with van der Waals surface area (Å²) >= 11 is 5.41. The summed E-state index contributed by atoms with van der Waals surface area (Å²) in [6.45, 7) is 8.23. The summed E-state index contributed by atoms with van der Waals surface area (Å²) in [4.78, 5) is 4.25. The molecule has 0 aliphatic heterocycles. The maximum absolute atomic E-state index is 5.96. The first-order valence-corrected chi connectivity index (χ1v) is 6.44. The summed E-state index contributed by atoms with van der Waals surface area (Å²) in [5.74, 6) is 0. The standard InChI is InChI=1S/C12H27N3S/c1-6-7-9-14(4)11(16)15(5)10-8-12(2,3)13/h6-10,13H2,1-5H3. The summed E-state index contributed by atoms with van der Waals surface area (Å²) in [6.07, 6.45) is 3.34. The van der Waals surface area contributed by atoms with Gasteiger partial charge in [-0.2, -0.15) is 0 Å². The van der Waals surface area contributed by atoms with Crippen LogP contribution in [-0.2, 0) is 0 Å². The Balaban J connectivity index is 3.98. The highest BCUT2D eigenvalue weighted by atomic mass is 32.1. The van der Waals surface area contributed by atoms with E-state index in [1.807, 2.05) is 20.9 Å². The molecule has 0 spiro atoms. The fraction of sp³-hybridized carbons (Fsp3) is 0.917. The van der Waals surface area contributed by atoms with Crippen molar-refractivity contribution in [3.63, 3.8) is 0 Å². The van der Waals surface area contributed by atoms with Crippen LogP contribution in [0.2, 0.25) is 0 Å². The minimum atomic E-state index is -0.119. The van der Waals surface area contributed by atoms with E-state index in [1.165, 1.54) is 12.8 Å². The Bertz CT molecular complexity index is 211. The predicted molar refractivity (Wildman–Crippen MR) is 75.6 cm³/mol. The minimum absolute atomic E-state index is 0.119. The Labute approximate surface area is 106 Å². The van der Waals surface area contributed by atoms with E-state index in [0.717, 1.165) is 24.6 Å². The Morgan fingerprint density at radius 3 is 2.12 bits per heavy atom. The van der Waals surface area contributed by atoms with Crippen molar-refractivity contribution in [3.8, 4) is 0 Å². The van der Waals surface area contributed by atoms with E-state index in [1.54, 1.807) is 0 Å². The molecule has 16 heavy (non-hydrogen) atoms. The monoisotopic (exact) mass is 245 g/mol. The van der Waals surface area contributed by atoms with Gasteiger partial charge in [-0.3, -0.25) is 0 Å². The topological polar surface area (TPSA) is 32.5 Å². The van der Waals surface area contributed by atoms with Crippen molar-refractivity contribution in [2.45, 2.75) is 45.6 Å². The number of hydrogen-bond donors (Lipinski definition) is 1. The second kappa shape index (κ2) is 7.07. The van der Waals surface area contributed by atoms with Crippen LogP contribution in [0.4, 0.5) is 0 Å². The molecule has 3 nitrogen and oxygen atoms in total. The zero-order chi connectivity index (χ0) is 12.8. The molecule has 0 aliphatic rings. The van der Waals surface area contributed by atoms with Gasteiger partial charge in [0.05, 0.1) is 0 Å². The lowest BCUT2D eigenvalue weighted by Crippen LogP contribution is -2.42. The van der Waals surface area contributed by atoms with Crippen LogP contribution >= 0.6 is 12.2 Å². The number of hydrogen-bond acceptors (Lipinski definition) is 2. The SMILES string of the molecule is CCCCN(C)C(=S)N(C)CCC(C)(C)N. The van der Waals surface area contributed by atoms with Crippen molar-refractivity contribution < 1.29 is 0 Å². The third-order valence-corrected chi connectivity index (χ3v) is 3.22. The van der Waals surface area contributed by atoms with Crippen molar-refractivity contribution in [3.05, 3.63) is 0 Å². The largest absolute Gasteiger partial charge is 0.352 e. The Morgan fingerprint density at radius 2 is 1.69 bits per heavy atom. The van der Waals surface area contributed by atoms with Gasteiger partial charge >= 0.3 is 0 Å². The van der Waals surface area contributed by atoms with Gasteiger partial charge in [0.2, 0.25) is 0 Å². The second-order valence-electron chi connectivity index (χ2n) is 5.22. The molecule has 0 fully saturated rings. The molecule has 0 aromatic carbocycles. The smallest absolute Gasteiger partial charge is 0.171 e. The first kappa shape index (κ1) is 15.7. The molecule has 0 atom stereocenters. The van der Waals surface area contributed by atoms with Crippen LogP contribution in [-0.4, -0.2) is 47.6 Å². The predicted octanol–water partition coefficient (Wildman–Crippen LogP) is 2.06. The van der Waals surface area contributed by atoms with Crippen LogP contribution in [0.3, 0.4) is 0 Å². The van der Waals surface area contributed by atoms with Crippen molar-refractivity contribution in [2.24, 2.45) is 5.73 Å². The van der Waals surface area contributed by atoms with Gasteiger partial charge in [-0.15, -0.1) is 0 Å². The van der Waals surface area contributed by atoms with Crippen LogP contribution in [0, 0.1) is 0 Å². The van der Waals surface area contributed by atoms with Gasteiger partial charge in [0.25, 0.3) is 0 Å². The number of nitrogens with zero attached hydrogens (tertiary/aromatic N) is 2. The Kier molecular flexibility index (Phi) is 6.91. The number of thiocarbonyl (C=S) groups is 1. The van der Waals surface area contributed by atoms with Crippen LogP contribution < -0.4 is 5.73 Å². The molecule has 0 amide bonds. The summed E-state index contributed by atoms with van der Waals surface area (Å²) in [6, 6.07) is 0. The minimum Gasteiger partial charge on any atom is -0.352 e. The molecule has 0 unspecified atom stereocenters. The van der Waals surface area contributed by atoms with Crippen LogP contribution in [0.1, 0.15) is 40.0 Å². The second-order valence-corrected chi connectivity index (χ2v) is 5.58. The van der Waals surface area contributed by atoms with Crippen molar-refractivity contribution in [1.29, 1.82) is 0 Å². The highest BCUT2D eigenvalue weighted by molar-refractivity contribution is 7.80. The van der Waals surface area contributed by atoms with E-state index in [0.29, 0.717) is 0 Å². The third kappa shape index (κ3) is 7.01. The molecule has 0 radical (unpaired) electrons. The molecule has 0 rings (SSSR count). The van der Waals surface area contributed by atoms with Crippen LogP contribution in [0.15, 0.2) is 0 Å². The molecular weight excluding hydrogens is 218 g/mol. The highest BCUT2D eigenvalue weighted by Gasteiger charge is 2.14. The Hall–Kier alpha value is -0.350. The summed E-state index contributed by atoms with van der Waals surface area (Å²) in [7, 11) is 4.10. The lowest BCUT2D eigenvalue weighted by molar-refractivity contribution is 0.354. The van der Waals surface area contributed by atoms with Gasteiger partial charge in [-0.25, -0.2) is 0 Å². The number of unbranched alkanes of at least 4 members (excludes halogenated alkanes) is 1. The molecule has 0 aromatic heterocycles. The van der Waals surface area contributed by atoms with Gasteiger partial charge in [0.1, 0.15) is 0 Å². The molecular formula is C12H27N3S. The number of nitrogens with two attached hydrogens (primary N) is 1. The van der Waals surface area contributed by atoms with Crippen molar-refractivity contribution >= 4 is 17.3 Å². The molecule has 0 bridgehead atoms. The average Bonchev–Trinajstić information content (AvgIpc) is 2.20. The van der Waals surface area contributed by atoms with E-state index < -0.39 is 0 Å². The van der Waals surface area contributed by atoms with Crippen molar-refractivity contribution in [2.75, 3.05) is 27.2 Å². The fourth-order valence-corrected chi connectivity index (χ4v) is 1.52. The van der Waals surface area contributed by atoms with E-state index in [-0.39, 0.29) is 5.54 Å². The zero-order valence-corrected chi connectivity index (χ0v) is 12.2. The maximum Gasteiger partial charge on any atom is 0.171 e. The molecule has 4 heteroatoms. The van der Waals surface area contributed by atoms with E-state index >= 15 is 0 Å². The van der Waals surface area contributed by atoms with Crippen molar-refractivity contribution in [1.82, 2.24) is 9.80 Å². The summed E-state index contributed by atoms with van der Waals surface area (Å²) in [5.41, 5.74) is 5.84. The normalized spacial score (nSPS) is 11.4. The third-order valence-electron chi connectivity index (χ3n) is 2.59. The molecule has 0 saturated heterocycles. The summed E-state index contributed by atoms with van der Waals surface area (Å²) in [5, 5.41) is 0.915. The highest BCUT2D eigenvalue weighted by Crippen LogP contribution is 2.06. The quantitative estimate of drug-likeness (QED) is 0.726. The van der Waals surface area contributed by atoms with Crippen LogP contribution in [0.5, 0.6) is 0 Å². The van der Waals surface area contributed by atoms with E-state index in [2.05, 4.69) is 23.8 Å². The molecule has 96 valence electrons. The Morgan fingerprint density at radius 1 is 1.19 bits per heavy atom. The summed E-state index contributed by atoms with van der Waals surface area (Å²) < 4.78 is 0. The lowest BCUT2D eigenvalue weighted by atomic mass is 10.0. The first-order chi connectivity index (χ1) is 7.28. The van der Waals surface area contributed by atoms with Gasteiger partial charge < -0.3 is 15.5 Å². The van der Waals surface area contributed by atoms with Gasteiger partial charge in [-0.05, 0) is 38.9 Å². The van der Waals surface area contributed by atoms with E-state index in [4.69, 9.17) is 18.0 Å². The van der Waals surface area contributed by atoms with Gasteiger partial charge in [0, 0.05) is 32.7 Å². The maximum atomic E-state index is 5.96. The van der Waals surface area contributed by atoms with E-state index in [9.17, 15) is 0 Å². The molecule has 0 heterocycles.